The molecule has 2 aromatic carbocycles. The summed E-state index contributed by atoms with van der Waals surface area (Å²) in [6.45, 7) is 2.29. The van der Waals surface area contributed by atoms with Crippen molar-refractivity contribution in [2.75, 3.05) is 13.7 Å². The van der Waals surface area contributed by atoms with Crippen LogP contribution in [-0.4, -0.2) is 25.5 Å². The first-order valence-electron chi connectivity index (χ1n) is 8.12. The average molecular weight is 377 g/mol. The molecule has 0 fully saturated rings. The lowest BCUT2D eigenvalue weighted by atomic mass is 10.2. The zero-order valence-electron chi connectivity index (χ0n) is 14.7. The molecule has 0 saturated heterocycles. The Balaban J connectivity index is 1.69. The summed E-state index contributed by atoms with van der Waals surface area (Å²) >= 11 is 5.89. The number of hydrogen-bond acceptors (Lipinski definition) is 4. The number of aryl methyl sites for hydroxylation is 1. The van der Waals surface area contributed by atoms with E-state index in [4.69, 9.17) is 21.1 Å². The van der Waals surface area contributed by atoms with Crippen LogP contribution in [0.4, 0.5) is 0 Å². The summed E-state index contributed by atoms with van der Waals surface area (Å²) in [6, 6.07) is 12.0. The lowest BCUT2D eigenvalue weighted by Gasteiger charge is -2.10. The molecule has 0 aromatic heterocycles. The third-order valence-electron chi connectivity index (χ3n) is 3.59. The molecule has 0 saturated carbocycles. The van der Waals surface area contributed by atoms with Gasteiger partial charge in [0.2, 0.25) is 5.91 Å². The van der Waals surface area contributed by atoms with Gasteiger partial charge in [0.25, 0.3) is 5.91 Å². The number of hydrazine groups is 1. The van der Waals surface area contributed by atoms with E-state index < -0.39 is 5.91 Å². The number of hydrogen-bond donors (Lipinski definition) is 2. The minimum absolute atomic E-state index is 0.227. The van der Waals surface area contributed by atoms with Crippen LogP contribution in [0.2, 0.25) is 5.02 Å². The Morgan fingerprint density at radius 1 is 1.12 bits per heavy atom. The van der Waals surface area contributed by atoms with Gasteiger partial charge in [-0.25, -0.2) is 0 Å². The third-order valence-corrected chi connectivity index (χ3v) is 3.83. The molecule has 0 radical (unpaired) electrons. The van der Waals surface area contributed by atoms with Gasteiger partial charge in [0, 0.05) is 17.0 Å². The summed E-state index contributed by atoms with van der Waals surface area (Å²) in [5.41, 5.74) is 6.09. The Labute approximate surface area is 157 Å². The molecule has 0 aliphatic rings. The molecule has 2 amide bonds. The quantitative estimate of drug-likeness (QED) is 0.574. The van der Waals surface area contributed by atoms with Crippen LogP contribution in [0.15, 0.2) is 42.5 Å². The van der Waals surface area contributed by atoms with Crippen molar-refractivity contribution >= 4 is 23.4 Å². The monoisotopic (exact) mass is 376 g/mol. The summed E-state index contributed by atoms with van der Waals surface area (Å²) in [5, 5.41) is 0.654. The Morgan fingerprint density at radius 3 is 2.65 bits per heavy atom. The molecule has 0 atom stereocenters. The number of amides is 2. The van der Waals surface area contributed by atoms with Crippen LogP contribution in [0.5, 0.6) is 11.5 Å². The van der Waals surface area contributed by atoms with Crippen LogP contribution in [-0.2, 0) is 4.79 Å². The van der Waals surface area contributed by atoms with E-state index in [2.05, 4.69) is 10.9 Å². The average Bonchev–Trinajstić information content (AvgIpc) is 2.64. The van der Waals surface area contributed by atoms with Crippen LogP contribution in [0.1, 0.15) is 28.8 Å². The van der Waals surface area contributed by atoms with E-state index in [0.717, 1.165) is 11.3 Å². The summed E-state index contributed by atoms with van der Waals surface area (Å²) in [4.78, 5) is 23.8. The van der Waals surface area contributed by atoms with Gasteiger partial charge < -0.3 is 9.47 Å². The number of carbonyl (C=O) groups excluding carboxylic acids is 2. The van der Waals surface area contributed by atoms with Gasteiger partial charge in [0.05, 0.1) is 13.7 Å². The van der Waals surface area contributed by atoms with Crippen LogP contribution < -0.4 is 20.3 Å². The van der Waals surface area contributed by atoms with Crippen molar-refractivity contribution in [1.29, 1.82) is 0 Å². The van der Waals surface area contributed by atoms with Crippen molar-refractivity contribution in [3.63, 3.8) is 0 Å². The first-order valence-corrected chi connectivity index (χ1v) is 8.49. The molecule has 2 N–H and O–H groups in total. The number of methoxy groups -OCH3 is 1. The molecule has 0 unspecified atom stereocenters. The van der Waals surface area contributed by atoms with Gasteiger partial charge in [-0.05, 0) is 55.3 Å². The third kappa shape index (κ3) is 5.97. The van der Waals surface area contributed by atoms with Gasteiger partial charge in [-0.3, -0.25) is 20.4 Å². The highest BCUT2D eigenvalue weighted by molar-refractivity contribution is 6.30. The second-order valence-corrected chi connectivity index (χ2v) is 6.03. The topological polar surface area (TPSA) is 76.7 Å². The molecule has 7 heteroatoms. The Kier molecular flexibility index (Phi) is 7.29. The molecular weight excluding hydrogens is 356 g/mol. The van der Waals surface area contributed by atoms with Gasteiger partial charge in [0.15, 0.2) is 0 Å². The predicted octanol–water partition coefficient (Wildman–Crippen LogP) is 3.28. The van der Waals surface area contributed by atoms with Crippen molar-refractivity contribution in [1.82, 2.24) is 10.9 Å². The lowest BCUT2D eigenvalue weighted by Crippen LogP contribution is -2.41. The molecule has 2 rings (SSSR count). The second-order valence-electron chi connectivity index (χ2n) is 5.60. The fourth-order valence-corrected chi connectivity index (χ4v) is 2.44. The van der Waals surface area contributed by atoms with E-state index in [1.54, 1.807) is 36.4 Å². The fraction of sp³-hybridized carbons (Fsp3) is 0.263. The van der Waals surface area contributed by atoms with Crippen molar-refractivity contribution < 1.29 is 19.1 Å². The van der Waals surface area contributed by atoms with Crippen molar-refractivity contribution in [2.24, 2.45) is 0 Å². The molecule has 138 valence electrons. The molecule has 0 bridgehead atoms. The largest absolute Gasteiger partial charge is 0.497 e. The molecule has 26 heavy (non-hydrogen) atoms. The maximum Gasteiger partial charge on any atom is 0.269 e. The van der Waals surface area contributed by atoms with Gasteiger partial charge in [-0.1, -0.05) is 17.7 Å². The minimum atomic E-state index is -0.412. The summed E-state index contributed by atoms with van der Waals surface area (Å²) in [5.74, 6) is 0.600. The summed E-state index contributed by atoms with van der Waals surface area (Å²) in [6.07, 6.45) is 0.744. The summed E-state index contributed by atoms with van der Waals surface area (Å²) in [7, 11) is 1.52. The zero-order valence-corrected chi connectivity index (χ0v) is 15.4. The van der Waals surface area contributed by atoms with Crippen LogP contribution >= 0.6 is 11.6 Å². The number of rotatable bonds is 7. The number of benzene rings is 2. The minimum Gasteiger partial charge on any atom is -0.497 e. The van der Waals surface area contributed by atoms with Crippen LogP contribution in [0, 0.1) is 6.92 Å². The Hall–Kier alpha value is -2.73. The molecule has 2 aromatic rings. The smallest absolute Gasteiger partial charge is 0.269 e. The zero-order chi connectivity index (χ0) is 18.9. The number of nitrogens with one attached hydrogen (secondary N) is 2. The van der Waals surface area contributed by atoms with E-state index in [-0.39, 0.29) is 12.3 Å². The standard InChI is InChI=1S/C19H21ClN2O4/c1-13-11-15(20)8-9-17(13)26-10-4-7-18(23)21-22-19(24)14-5-3-6-16(12-14)25-2/h3,5-6,8-9,11-12H,4,7,10H2,1-2H3,(H,21,23)(H,22,24). The molecule has 6 nitrogen and oxygen atoms in total. The highest BCUT2D eigenvalue weighted by atomic mass is 35.5. The molecule has 0 aliphatic carbocycles. The SMILES string of the molecule is COc1cccc(C(=O)NNC(=O)CCCOc2ccc(Cl)cc2C)c1. The second kappa shape index (κ2) is 9.68. The highest BCUT2D eigenvalue weighted by Gasteiger charge is 2.08. The number of ether oxygens (including phenoxy) is 2. The Morgan fingerprint density at radius 2 is 1.92 bits per heavy atom. The first kappa shape index (κ1) is 19.6. The van der Waals surface area contributed by atoms with Gasteiger partial charge in [0.1, 0.15) is 11.5 Å². The lowest BCUT2D eigenvalue weighted by molar-refractivity contribution is -0.122. The van der Waals surface area contributed by atoms with E-state index in [1.165, 1.54) is 7.11 Å². The molecule has 0 aliphatic heterocycles. The van der Waals surface area contributed by atoms with E-state index in [0.29, 0.717) is 29.4 Å². The maximum absolute atomic E-state index is 12.0. The summed E-state index contributed by atoms with van der Waals surface area (Å²) < 4.78 is 10.7. The normalized spacial score (nSPS) is 10.1. The molecule has 0 spiro atoms. The fourth-order valence-electron chi connectivity index (χ4n) is 2.22. The van der Waals surface area contributed by atoms with Gasteiger partial charge >= 0.3 is 0 Å². The molecular formula is C19H21ClN2O4. The van der Waals surface area contributed by atoms with Crippen molar-refractivity contribution in [2.45, 2.75) is 19.8 Å². The van der Waals surface area contributed by atoms with Crippen LogP contribution in [0.3, 0.4) is 0 Å². The predicted molar refractivity (Wildman–Crippen MR) is 99.5 cm³/mol. The van der Waals surface area contributed by atoms with Crippen LogP contribution in [0.25, 0.3) is 0 Å². The van der Waals surface area contributed by atoms with Crippen molar-refractivity contribution in [3.8, 4) is 11.5 Å². The van der Waals surface area contributed by atoms with Gasteiger partial charge in [-0.15, -0.1) is 0 Å². The number of carbonyl (C=O) groups is 2. The van der Waals surface area contributed by atoms with Gasteiger partial charge in [-0.2, -0.15) is 0 Å². The number of halogens is 1. The van der Waals surface area contributed by atoms with E-state index in [1.807, 2.05) is 13.0 Å². The first-order chi connectivity index (χ1) is 12.5. The van der Waals surface area contributed by atoms with E-state index >= 15 is 0 Å². The van der Waals surface area contributed by atoms with E-state index in [9.17, 15) is 9.59 Å². The highest BCUT2D eigenvalue weighted by Crippen LogP contribution is 2.21. The molecule has 0 heterocycles. The maximum atomic E-state index is 12.0. The Bertz CT molecular complexity index is 780. The van der Waals surface area contributed by atoms with Crippen molar-refractivity contribution in [3.05, 3.63) is 58.6 Å².